The fourth-order valence-electron chi connectivity index (χ4n) is 0.862. The summed E-state index contributed by atoms with van der Waals surface area (Å²) in [5.74, 6) is -0.538. The molecule has 0 aliphatic carbocycles. The number of hydrogen-bond acceptors (Lipinski definition) is 4. The molecule has 0 bridgehead atoms. The minimum absolute atomic E-state index is 0.120. The maximum atomic E-state index is 11.1. The number of hydrogen-bond donors (Lipinski definition) is 1. The maximum Gasteiger partial charge on any atom is 0.362 e. The molecule has 0 aromatic carbocycles. The van der Waals surface area contributed by atoms with Crippen molar-refractivity contribution < 1.29 is 14.4 Å². The van der Waals surface area contributed by atoms with Crippen molar-refractivity contribution in [3.8, 4) is 0 Å². The Hall–Kier alpha value is -1.78. The maximum absolute atomic E-state index is 11.1. The van der Waals surface area contributed by atoms with Crippen LogP contribution in [0.1, 0.15) is 5.69 Å². The van der Waals surface area contributed by atoms with Crippen molar-refractivity contribution in [1.82, 2.24) is 4.98 Å². The first kappa shape index (κ1) is 9.31. The van der Waals surface area contributed by atoms with Crippen molar-refractivity contribution in [3.63, 3.8) is 0 Å². The molecule has 0 radical (unpaired) electrons. The van der Waals surface area contributed by atoms with E-state index in [0.717, 1.165) is 0 Å². The summed E-state index contributed by atoms with van der Waals surface area (Å²) in [4.78, 5) is 18.5. The van der Waals surface area contributed by atoms with Crippen LogP contribution in [0.3, 0.4) is 0 Å². The Morgan fingerprint density at radius 1 is 1.54 bits per heavy atom. The molecule has 70 valence electrons. The van der Waals surface area contributed by atoms with E-state index in [1.54, 1.807) is 18.3 Å². The molecule has 13 heavy (non-hydrogen) atoms. The molecular weight excluding hydrogens is 172 g/mol. The smallest absolute Gasteiger partial charge is 0.362 e. The molecule has 1 aromatic rings. The molecule has 0 fully saturated rings. The number of aromatic amines is 1. The Labute approximate surface area is 75.3 Å². The third kappa shape index (κ3) is 2.08. The summed E-state index contributed by atoms with van der Waals surface area (Å²) in [7, 11) is 2.66. The van der Waals surface area contributed by atoms with Crippen LogP contribution in [0.5, 0.6) is 0 Å². The van der Waals surface area contributed by atoms with Crippen molar-refractivity contribution in [1.29, 1.82) is 0 Å². The first-order valence-electron chi connectivity index (χ1n) is 3.62. The van der Waals surface area contributed by atoms with Gasteiger partial charge in [-0.25, -0.2) is 4.79 Å². The van der Waals surface area contributed by atoms with Gasteiger partial charge in [0.15, 0.2) is 0 Å². The summed E-state index contributed by atoms with van der Waals surface area (Å²) in [5, 5.41) is 3.55. The molecule has 0 atom stereocenters. The molecule has 5 nitrogen and oxygen atoms in total. The van der Waals surface area contributed by atoms with Crippen LogP contribution >= 0.6 is 0 Å². The Bertz CT molecular complexity index is 303. The highest BCUT2D eigenvalue weighted by Gasteiger charge is 2.15. The van der Waals surface area contributed by atoms with E-state index in [1.165, 1.54) is 14.2 Å². The summed E-state index contributed by atoms with van der Waals surface area (Å²) in [5.41, 5.74) is 0.684. The first-order chi connectivity index (χ1) is 6.29. The predicted molar refractivity (Wildman–Crippen MR) is 46.4 cm³/mol. The van der Waals surface area contributed by atoms with Crippen molar-refractivity contribution in [2.24, 2.45) is 5.16 Å². The summed E-state index contributed by atoms with van der Waals surface area (Å²) < 4.78 is 4.52. The van der Waals surface area contributed by atoms with Crippen molar-refractivity contribution in [2.75, 3.05) is 14.2 Å². The minimum atomic E-state index is -0.538. The van der Waals surface area contributed by atoms with E-state index in [9.17, 15) is 4.79 Å². The van der Waals surface area contributed by atoms with Crippen molar-refractivity contribution in [2.45, 2.75) is 0 Å². The normalized spacial score (nSPS) is 11.1. The van der Waals surface area contributed by atoms with Gasteiger partial charge in [0.05, 0.1) is 12.8 Å². The summed E-state index contributed by atoms with van der Waals surface area (Å²) in [6, 6.07) is 3.46. The number of nitrogens with one attached hydrogen (secondary N) is 1. The Kier molecular flexibility index (Phi) is 3.08. The van der Waals surface area contributed by atoms with Crippen LogP contribution in [-0.2, 0) is 14.4 Å². The Balaban J connectivity index is 2.94. The molecule has 1 heterocycles. The second-order valence-corrected chi connectivity index (χ2v) is 2.20. The molecule has 0 unspecified atom stereocenters. The largest absolute Gasteiger partial charge is 0.464 e. The van der Waals surface area contributed by atoms with E-state index < -0.39 is 5.97 Å². The fourth-order valence-corrected chi connectivity index (χ4v) is 0.862. The molecule has 0 saturated heterocycles. The first-order valence-corrected chi connectivity index (χ1v) is 3.62. The number of methoxy groups -OCH3 is 1. The molecular formula is C8H10N2O3. The van der Waals surface area contributed by atoms with E-state index in [-0.39, 0.29) is 5.71 Å². The number of nitrogens with zero attached hydrogens (tertiary/aromatic N) is 1. The van der Waals surface area contributed by atoms with Crippen LogP contribution in [0, 0.1) is 0 Å². The lowest BCUT2D eigenvalue weighted by molar-refractivity contribution is -0.132. The highest BCUT2D eigenvalue weighted by Crippen LogP contribution is 1.99. The van der Waals surface area contributed by atoms with Gasteiger partial charge < -0.3 is 14.6 Å². The highest BCUT2D eigenvalue weighted by atomic mass is 16.6. The average molecular weight is 182 g/mol. The molecule has 1 rings (SSSR count). The molecule has 0 spiro atoms. The van der Waals surface area contributed by atoms with Gasteiger partial charge in [-0.15, -0.1) is 0 Å². The van der Waals surface area contributed by atoms with Crippen LogP contribution in [0.4, 0.5) is 0 Å². The third-order valence-electron chi connectivity index (χ3n) is 1.41. The van der Waals surface area contributed by atoms with Gasteiger partial charge in [0, 0.05) is 6.20 Å². The average Bonchev–Trinajstić information content (AvgIpc) is 2.65. The SMILES string of the molecule is CON=C(C(=O)OC)c1ccc[nH]1. The van der Waals surface area contributed by atoms with Gasteiger partial charge in [0.2, 0.25) is 5.71 Å². The lowest BCUT2D eigenvalue weighted by atomic mass is 10.3. The number of oxime groups is 1. The number of rotatable bonds is 3. The van der Waals surface area contributed by atoms with E-state index in [0.29, 0.717) is 5.69 Å². The van der Waals surface area contributed by atoms with Gasteiger partial charge in [-0.3, -0.25) is 0 Å². The topological polar surface area (TPSA) is 63.7 Å². The number of aromatic nitrogens is 1. The molecule has 0 aliphatic rings. The number of esters is 1. The van der Waals surface area contributed by atoms with Gasteiger partial charge in [0.1, 0.15) is 7.11 Å². The fraction of sp³-hybridized carbons (Fsp3) is 0.250. The molecule has 5 heteroatoms. The monoisotopic (exact) mass is 182 g/mol. The van der Waals surface area contributed by atoms with E-state index >= 15 is 0 Å². The van der Waals surface area contributed by atoms with Crippen LogP contribution in [0.2, 0.25) is 0 Å². The third-order valence-corrected chi connectivity index (χ3v) is 1.41. The van der Waals surface area contributed by atoms with Crippen LogP contribution in [-0.4, -0.2) is 30.9 Å². The zero-order valence-corrected chi connectivity index (χ0v) is 7.40. The van der Waals surface area contributed by atoms with Crippen molar-refractivity contribution in [3.05, 3.63) is 24.0 Å². The summed E-state index contributed by atoms with van der Waals surface area (Å²) >= 11 is 0. The number of H-pyrrole nitrogens is 1. The lowest BCUT2D eigenvalue weighted by Gasteiger charge is -2.00. The molecule has 0 aliphatic heterocycles. The Morgan fingerprint density at radius 2 is 2.31 bits per heavy atom. The van der Waals surface area contributed by atoms with Crippen LogP contribution < -0.4 is 0 Å². The minimum Gasteiger partial charge on any atom is -0.464 e. The van der Waals surface area contributed by atoms with Crippen LogP contribution in [0.25, 0.3) is 0 Å². The Morgan fingerprint density at radius 3 is 2.77 bits per heavy atom. The number of carbonyl (C=O) groups is 1. The number of ether oxygens (including phenoxy) is 1. The molecule has 1 N–H and O–H groups in total. The molecule has 0 saturated carbocycles. The lowest BCUT2D eigenvalue weighted by Crippen LogP contribution is -2.17. The molecule has 1 aromatic heterocycles. The van der Waals surface area contributed by atoms with Crippen molar-refractivity contribution >= 4 is 11.7 Å². The second kappa shape index (κ2) is 4.30. The number of carbonyl (C=O) groups excluding carboxylic acids is 1. The zero-order valence-electron chi connectivity index (χ0n) is 7.40. The zero-order chi connectivity index (χ0) is 9.68. The quantitative estimate of drug-likeness (QED) is 0.421. The highest BCUT2D eigenvalue weighted by molar-refractivity contribution is 6.42. The van der Waals surface area contributed by atoms with Gasteiger partial charge in [-0.1, -0.05) is 5.16 Å². The van der Waals surface area contributed by atoms with E-state index in [4.69, 9.17) is 0 Å². The predicted octanol–water partition coefficient (Wildman–Crippen LogP) is 0.538. The summed E-state index contributed by atoms with van der Waals surface area (Å²) in [6.07, 6.45) is 1.68. The van der Waals surface area contributed by atoms with Crippen LogP contribution in [0.15, 0.2) is 23.5 Å². The van der Waals surface area contributed by atoms with E-state index in [1.807, 2.05) is 0 Å². The van der Waals surface area contributed by atoms with Gasteiger partial charge in [-0.05, 0) is 12.1 Å². The summed E-state index contributed by atoms with van der Waals surface area (Å²) in [6.45, 7) is 0. The standard InChI is InChI=1S/C8H10N2O3/c1-12-8(11)7(10-13-2)6-4-3-5-9-6/h3-5,9H,1-2H3. The van der Waals surface area contributed by atoms with Gasteiger partial charge in [0.25, 0.3) is 0 Å². The van der Waals surface area contributed by atoms with Gasteiger partial charge >= 0.3 is 5.97 Å². The second-order valence-electron chi connectivity index (χ2n) is 2.20. The van der Waals surface area contributed by atoms with E-state index in [2.05, 4.69) is 19.7 Å². The van der Waals surface area contributed by atoms with Gasteiger partial charge in [-0.2, -0.15) is 0 Å². The molecule has 0 amide bonds.